The fourth-order valence-electron chi connectivity index (χ4n) is 1.92. The van der Waals surface area contributed by atoms with E-state index in [0.29, 0.717) is 28.0 Å². The largest absolute Gasteiger partial charge is 0.490 e. The Balaban J connectivity index is 2.03. The van der Waals surface area contributed by atoms with Crippen LogP contribution >= 0.6 is 23.2 Å². The lowest BCUT2D eigenvalue weighted by Crippen LogP contribution is -2.17. The maximum absolute atomic E-state index is 12.1. The number of nitrogens with zero attached hydrogens (tertiary/aromatic N) is 1. The quantitative estimate of drug-likeness (QED) is 0.429. The molecule has 0 bridgehead atoms. The smallest absolute Gasteiger partial charge is 0.271 e. The van der Waals surface area contributed by atoms with Gasteiger partial charge in [0.15, 0.2) is 5.75 Å². The highest BCUT2D eigenvalue weighted by Crippen LogP contribution is 2.34. The molecule has 0 aliphatic heterocycles. The first kappa shape index (κ1) is 18.3. The number of carbonyl (C=O) groups is 1. The number of unbranched alkanes of at least 4 members (excludes halogenated alkanes) is 1. The molecule has 2 aromatic carbocycles. The van der Waals surface area contributed by atoms with Crippen LogP contribution in [0, 0.1) is 0 Å². The molecule has 0 radical (unpaired) electrons. The van der Waals surface area contributed by atoms with Crippen LogP contribution in [-0.2, 0) is 0 Å². The van der Waals surface area contributed by atoms with Gasteiger partial charge in [0, 0.05) is 5.56 Å². The molecule has 6 heteroatoms. The summed E-state index contributed by atoms with van der Waals surface area (Å²) in [6.45, 7) is 2.60. The van der Waals surface area contributed by atoms with E-state index in [4.69, 9.17) is 27.9 Å². The molecule has 0 aliphatic rings. The summed E-state index contributed by atoms with van der Waals surface area (Å²) in [5.74, 6) is 0.00205. The van der Waals surface area contributed by atoms with E-state index in [1.165, 1.54) is 12.1 Å². The molecule has 0 saturated carbocycles. The predicted molar refractivity (Wildman–Crippen MR) is 98.4 cm³/mol. The van der Waals surface area contributed by atoms with Crippen LogP contribution < -0.4 is 10.2 Å². The van der Waals surface area contributed by atoms with Gasteiger partial charge in [0.2, 0.25) is 0 Å². The van der Waals surface area contributed by atoms with Crippen LogP contribution in [-0.4, -0.2) is 18.7 Å². The van der Waals surface area contributed by atoms with Crippen molar-refractivity contribution in [3.63, 3.8) is 0 Å². The van der Waals surface area contributed by atoms with Gasteiger partial charge in [0.1, 0.15) is 0 Å². The molecule has 0 aromatic heterocycles. The monoisotopic (exact) mass is 364 g/mol. The lowest BCUT2D eigenvalue weighted by molar-refractivity contribution is 0.0955. The number of ether oxygens (including phenoxy) is 1. The summed E-state index contributed by atoms with van der Waals surface area (Å²) in [5, 5.41) is 4.52. The number of benzene rings is 2. The summed E-state index contributed by atoms with van der Waals surface area (Å²) < 4.78 is 5.56. The normalized spacial score (nSPS) is 10.8. The zero-order chi connectivity index (χ0) is 17.4. The summed E-state index contributed by atoms with van der Waals surface area (Å²) in [7, 11) is 0. The number of amides is 1. The van der Waals surface area contributed by atoms with Gasteiger partial charge in [0.25, 0.3) is 5.91 Å². The number of hydrogen-bond donors (Lipinski definition) is 1. The first-order chi connectivity index (χ1) is 11.6. The maximum Gasteiger partial charge on any atom is 0.271 e. The van der Waals surface area contributed by atoms with Gasteiger partial charge in [-0.25, -0.2) is 5.43 Å². The van der Waals surface area contributed by atoms with Gasteiger partial charge in [-0.2, -0.15) is 5.10 Å². The second-order valence-corrected chi connectivity index (χ2v) is 5.90. The highest BCUT2D eigenvalue weighted by atomic mass is 35.5. The number of hydrazone groups is 1. The van der Waals surface area contributed by atoms with Crippen molar-refractivity contribution in [3.8, 4) is 5.75 Å². The molecule has 126 valence electrons. The third kappa shape index (κ3) is 5.25. The first-order valence-corrected chi connectivity index (χ1v) is 8.37. The van der Waals surface area contributed by atoms with E-state index in [2.05, 4.69) is 17.5 Å². The SMILES string of the molecule is CCCCOc1c(Cl)cc(C(=O)N/N=C/c2ccccc2)cc1Cl. The molecule has 4 nitrogen and oxygen atoms in total. The molecule has 0 spiro atoms. The molecule has 0 aliphatic carbocycles. The third-order valence-corrected chi connectivity index (χ3v) is 3.75. The van der Waals surface area contributed by atoms with Crippen LogP contribution in [0.2, 0.25) is 10.0 Å². The molecule has 2 rings (SSSR count). The Labute approximate surface area is 151 Å². The van der Waals surface area contributed by atoms with Crippen molar-refractivity contribution in [1.29, 1.82) is 0 Å². The summed E-state index contributed by atoms with van der Waals surface area (Å²) in [6, 6.07) is 12.5. The number of nitrogens with one attached hydrogen (secondary N) is 1. The minimum Gasteiger partial charge on any atom is -0.490 e. The summed E-state index contributed by atoms with van der Waals surface area (Å²) in [6.07, 6.45) is 3.47. The van der Waals surface area contributed by atoms with Crippen molar-refractivity contribution in [2.75, 3.05) is 6.61 Å². The van der Waals surface area contributed by atoms with Crippen molar-refractivity contribution in [3.05, 3.63) is 63.6 Å². The van der Waals surface area contributed by atoms with Gasteiger partial charge in [-0.3, -0.25) is 4.79 Å². The number of halogens is 2. The van der Waals surface area contributed by atoms with Crippen LogP contribution in [0.3, 0.4) is 0 Å². The average Bonchev–Trinajstić information content (AvgIpc) is 2.58. The lowest BCUT2D eigenvalue weighted by atomic mass is 10.2. The molecular weight excluding hydrogens is 347 g/mol. The molecule has 0 unspecified atom stereocenters. The minimum absolute atomic E-state index is 0.302. The summed E-state index contributed by atoms with van der Waals surface area (Å²) >= 11 is 12.3. The second kappa shape index (κ2) is 9.30. The summed E-state index contributed by atoms with van der Waals surface area (Å²) in [4.78, 5) is 12.1. The highest BCUT2D eigenvalue weighted by molar-refractivity contribution is 6.37. The minimum atomic E-state index is -0.397. The fourth-order valence-corrected chi connectivity index (χ4v) is 2.51. The fraction of sp³-hybridized carbons (Fsp3) is 0.222. The molecule has 0 fully saturated rings. The highest BCUT2D eigenvalue weighted by Gasteiger charge is 2.13. The van der Waals surface area contributed by atoms with Crippen molar-refractivity contribution in [2.24, 2.45) is 5.10 Å². The molecule has 24 heavy (non-hydrogen) atoms. The van der Waals surface area contributed by atoms with Crippen LogP contribution in [0.25, 0.3) is 0 Å². The van der Waals surface area contributed by atoms with Gasteiger partial charge in [0.05, 0.1) is 22.9 Å². The standard InChI is InChI=1S/C18H18Cl2N2O2/c1-2-3-9-24-17-15(19)10-14(11-16(17)20)18(23)22-21-12-13-7-5-4-6-8-13/h4-8,10-12H,2-3,9H2,1H3,(H,22,23)/b21-12+. The van der Waals surface area contributed by atoms with Gasteiger partial charge < -0.3 is 4.74 Å². The number of rotatable bonds is 7. The Hall–Kier alpha value is -2.04. The Morgan fingerprint density at radius 3 is 2.50 bits per heavy atom. The Kier molecular flexibility index (Phi) is 7.09. The molecule has 0 heterocycles. The van der Waals surface area contributed by atoms with Crippen LogP contribution in [0.15, 0.2) is 47.6 Å². The van der Waals surface area contributed by atoms with E-state index < -0.39 is 5.91 Å². The van der Waals surface area contributed by atoms with Gasteiger partial charge >= 0.3 is 0 Å². The lowest BCUT2D eigenvalue weighted by Gasteiger charge is -2.11. The van der Waals surface area contributed by atoms with E-state index in [1.807, 2.05) is 30.3 Å². The molecule has 2 aromatic rings. The predicted octanol–water partition coefficient (Wildman–Crippen LogP) is 4.94. The first-order valence-electron chi connectivity index (χ1n) is 7.62. The number of hydrogen-bond acceptors (Lipinski definition) is 3. The van der Waals surface area contributed by atoms with Crippen LogP contribution in [0.1, 0.15) is 35.7 Å². The van der Waals surface area contributed by atoms with E-state index in [0.717, 1.165) is 18.4 Å². The molecule has 1 amide bonds. The van der Waals surface area contributed by atoms with Crippen LogP contribution in [0.4, 0.5) is 0 Å². The van der Waals surface area contributed by atoms with E-state index in [-0.39, 0.29) is 0 Å². The van der Waals surface area contributed by atoms with Crippen molar-refractivity contribution < 1.29 is 9.53 Å². The average molecular weight is 365 g/mol. The van der Waals surface area contributed by atoms with Crippen molar-refractivity contribution in [2.45, 2.75) is 19.8 Å². The second-order valence-electron chi connectivity index (χ2n) is 5.08. The zero-order valence-corrected chi connectivity index (χ0v) is 14.8. The topological polar surface area (TPSA) is 50.7 Å². The molecule has 0 atom stereocenters. The van der Waals surface area contributed by atoms with Gasteiger partial charge in [-0.1, -0.05) is 66.9 Å². The van der Waals surface area contributed by atoms with E-state index in [9.17, 15) is 4.79 Å². The van der Waals surface area contributed by atoms with Gasteiger partial charge in [-0.15, -0.1) is 0 Å². The van der Waals surface area contributed by atoms with Crippen molar-refractivity contribution >= 4 is 35.3 Å². The molecule has 0 saturated heterocycles. The Morgan fingerprint density at radius 2 is 1.88 bits per heavy atom. The molecular formula is C18H18Cl2N2O2. The van der Waals surface area contributed by atoms with Gasteiger partial charge in [-0.05, 0) is 24.1 Å². The number of carbonyl (C=O) groups excluding carboxylic acids is 1. The summed E-state index contributed by atoms with van der Waals surface area (Å²) in [5.41, 5.74) is 3.65. The van der Waals surface area contributed by atoms with E-state index >= 15 is 0 Å². The zero-order valence-electron chi connectivity index (χ0n) is 13.3. The van der Waals surface area contributed by atoms with Crippen molar-refractivity contribution in [1.82, 2.24) is 5.43 Å². The Bertz CT molecular complexity index is 695. The molecule has 1 N–H and O–H groups in total. The third-order valence-electron chi connectivity index (χ3n) is 3.18. The van der Waals surface area contributed by atoms with E-state index in [1.54, 1.807) is 6.21 Å². The Morgan fingerprint density at radius 1 is 1.21 bits per heavy atom. The van der Waals surface area contributed by atoms with Crippen LogP contribution in [0.5, 0.6) is 5.75 Å². The maximum atomic E-state index is 12.1.